The average molecular weight is 278 g/mol. The number of rotatable bonds is 3. The highest BCUT2D eigenvalue weighted by Gasteiger charge is 2.30. The quantitative estimate of drug-likeness (QED) is 0.773. The molecule has 0 spiro atoms. The summed E-state index contributed by atoms with van der Waals surface area (Å²) in [5.74, 6) is -0.579. The van der Waals surface area contributed by atoms with Crippen LogP contribution in [0.3, 0.4) is 0 Å². The maximum Gasteiger partial charge on any atom is 0.416 e. The molecule has 0 atom stereocenters. The van der Waals surface area contributed by atoms with Crippen molar-refractivity contribution >= 4 is 23.0 Å². The number of carbonyl (C=O) groups is 1. The van der Waals surface area contributed by atoms with Gasteiger partial charge in [-0.15, -0.1) is 0 Å². The van der Waals surface area contributed by atoms with Gasteiger partial charge in [0.25, 0.3) is 0 Å². The van der Waals surface area contributed by atoms with Crippen LogP contribution in [0.25, 0.3) is 6.08 Å². The standard InChI is InChI=1S/C12H10F4OS/c1-8(17)18-6-2-3-9-4-5-10(7-11(9)13)12(14,15)16/h2-5,7H,6H2,1H3. The zero-order valence-electron chi connectivity index (χ0n) is 9.42. The van der Waals surface area contributed by atoms with Crippen molar-refractivity contribution in [2.45, 2.75) is 13.1 Å². The van der Waals surface area contributed by atoms with Crippen LogP contribution in [0.2, 0.25) is 0 Å². The summed E-state index contributed by atoms with van der Waals surface area (Å²) in [4.78, 5) is 10.6. The van der Waals surface area contributed by atoms with Crippen LogP contribution in [-0.4, -0.2) is 10.9 Å². The summed E-state index contributed by atoms with van der Waals surface area (Å²) in [7, 11) is 0. The normalized spacial score (nSPS) is 12.1. The fourth-order valence-corrected chi connectivity index (χ4v) is 1.61. The summed E-state index contributed by atoms with van der Waals surface area (Å²) in [5.41, 5.74) is -0.956. The van der Waals surface area contributed by atoms with Gasteiger partial charge in [-0.3, -0.25) is 4.79 Å². The lowest BCUT2D eigenvalue weighted by Crippen LogP contribution is -2.05. The molecule has 6 heteroatoms. The van der Waals surface area contributed by atoms with Crippen LogP contribution in [0.4, 0.5) is 17.6 Å². The molecule has 0 N–H and O–H groups in total. The summed E-state index contributed by atoms with van der Waals surface area (Å²) in [6.07, 6.45) is -1.67. The fraction of sp³-hybridized carbons (Fsp3) is 0.250. The van der Waals surface area contributed by atoms with E-state index in [2.05, 4.69) is 0 Å². The van der Waals surface area contributed by atoms with Crippen LogP contribution in [0, 0.1) is 5.82 Å². The Kier molecular flexibility index (Phi) is 4.95. The lowest BCUT2D eigenvalue weighted by Gasteiger charge is -2.07. The Morgan fingerprint density at radius 3 is 2.56 bits per heavy atom. The van der Waals surface area contributed by atoms with Crippen LogP contribution in [-0.2, 0) is 11.0 Å². The van der Waals surface area contributed by atoms with Gasteiger partial charge in [0.2, 0.25) is 0 Å². The third-order valence-corrected chi connectivity index (χ3v) is 2.77. The van der Waals surface area contributed by atoms with E-state index in [1.807, 2.05) is 0 Å². The van der Waals surface area contributed by atoms with E-state index in [-0.39, 0.29) is 10.7 Å². The molecule has 0 heterocycles. The smallest absolute Gasteiger partial charge is 0.288 e. The average Bonchev–Trinajstić information content (AvgIpc) is 2.24. The van der Waals surface area contributed by atoms with Gasteiger partial charge in [0, 0.05) is 18.2 Å². The number of alkyl halides is 3. The minimum atomic E-state index is -4.55. The molecular weight excluding hydrogens is 268 g/mol. The maximum absolute atomic E-state index is 13.3. The second-order valence-electron chi connectivity index (χ2n) is 3.44. The molecule has 1 aromatic rings. The van der Waals surface area contributed by atoms with E-state index in [0.29, 0.717) is 11.8 Å². The minimum Gasteiger partial charge on any atom is -0.288 e. The largest absolute Gasteiger partial charge is 0.416 e. The van der Waals surface area contributed by atoms with Crippen molar-refractivity contribution in [1.82, 2.24) is 0 Å². The molecular formula is C12H10F4OS. The predicted molar refractivity (Wildman–Crippen MR) is 63.6 cm³/mol. The molecule has 0 radical (unpaired) electrons. The van der Waals surface area contributed by atoms with Gasteiger partial charge in [0.15, 0.2) is 5.12 Å². The number of halogens is 4. The minimum absolute atomic E-state index is 0.0622. The number of carbonyl (C=O) groups excluding carboxylic acids is 1. The second kappa shape index (κ2) is 6.04. The number of benzene rings is 1. The molecule has 1 rings (SSSR count). The van der Waals surface area contributed by atoms with Crippen LogP contribution in [0.5, 0.6) is 0 Å². The molecule has 0 fully saturated rings. The molecule has 0 saturated heterocycles. The highest BCUT2D eigenvalue weighted by Crippen LogP contribution is 2.30. The Bertz CT molecular complexity index is 466. The first-order valence-corrected chi connectivity index (χ1v) is 5.96. The third-order valence-electron chi connectivity index (χ3n) is 2.01. The Labute approximate surface area is 106 Å². The summed E-state index contributed by atoms with van der Waals surface area (Å²) < 4.78 is 50.1. The fourth-order valence-electron chi connectivity index (χ4n) is 1.18. The summed E-state index contributed by atoms with van der Waals surface area (Å²) in [5, 5.41) is -0.0764. The van der Waals surface area contributed by atoms with Crippen molar-refractivity contribution in [3.05, 3.63) is 41.2 Å². The first-order valence-electron chi connectivity index (χ1n) is 4.97. The summed E-state index contributed by atoms with van der Waals surface area (Å²) in [6.45, 7) is 1.40. The molecule has 0 aliphatic carbocycles. The van der Waals surface area contributed by atoms with Crippen LogP contribution < -0.4 is 0 Å². The third kappa shape index (κ3) is 4.52. The highest BCUT2D eigenvalue weighted by atomic mass is 32.2. The molecule has 98 valence electrons. The second-order valence-corrected chi connectivity index (χ2v) is 4.64. The van der Waals surface area contributed by atoms with Gasteiger partial charge in [-0.05, 0) is 12.1 Å². The molecule has 1 nitrogen and oxygen atoms in total. The molecule has 18 heavy (non-hydrogen) atoms. The van der Waals surface area contributed by atoms with Gasteiger partial charge in [-0.2, -0.15) is 13.2 Å². The van der Waals surface area contributed by atoms with Crippen molar-refractivity contribution in [2.75, 3.05) is 5.75 Å². The lowest BCUT2D eigenvalue weighted by molar-refractivity contribution is -0.137. The van der Waals surface area contributed by atoms with Crippen molar-refractivity contribution in [3.8, 4) is 0 Å². The van der Waals surface area contributed by atoms with Gasteiger partial charge in [0.1, 0.15) is 5.82 Å². The molecule has 0 unspecified atom stereocenters. The van der Waals surface area contributed by atoms with E-state index in [4.69, 9.17) is 0 Å². The molecule has 0 amide bonds. The van der Waals surface area contributed by atoms with E-state index in [1.54, 1.807) is 0 Å². The zero-order chi connectivity index (χ0) is 13.8. The lowest BCUT2D eigenvalue weighted by atomic mass is 10.1. The summed E-state index contributed by atoms with van der Waals surface area (Å²) in [6, 6.07) is 2.34. The van der Waals surface area contributed by atoms with E-state index >= 15 is 0 Å². The molecule has 0 bridgehead atoms. The Morgan fingerprint density at radius 2 is 2.06 bits per heavy atom. The van der Waals surface area contributed by atoms with Crippen LogP contribution in [0.1, 0.15) is 18.1 Å². The molecule has 0 aliphatic heterocycles. The van der Waals surface area contributed by atoms with Gasteiger partial charge in [-0.25, -0.2) is 4.39 Å². The first kappa shape index (κ1) is 14.8. The van der Waals surface area contributed by atoms with Crippen molar-refractivity contribution in [3.63, 3.8) is 0 Å². The van der Waals surface area contributed by atoms with E-state index in [0.717, 1.165) is 23.9 Å². The SMILES string of the molecule is CC(=O)SCC=Cc1ccc(C(F)(F)F)cc1F. The van der Waals surface area contributed by atoms with Gasteiger partial charge in [0.05, 0.1) is 5.56 Å². The molecule has 0 saturated carbocycles. The van der Waals surface area contributed by atoms with Crippen molar-refractivity contribution in [1.29, 1.82) is 0 Å². The van der Waals surface area contributed by atoms with Crippen molar-refractivity contribution in [2.24, 2.45) is 0 Å². The topological polar surface area (TPSA) is 17.1 Å². The van der Waals surface area contributed by atoms with Gasteiger partial charge in [-0.1, -0.05) is 30.0 Å². The van der Waals surface area contributed by atoms with Crippen LogP contribution in [0.15, 0.2) is 24.3 Å². The van der Waals surface area contributed by atoms with E-state index in [1.165, 1.54) is 19.1 Å². The Balaban J connectivity index is 2.77. The van der Waals surface area contributed by atoms with Crippen LogP contribution >= 0.6 is 11.8 Å². The summed E-state index contributed by atoms with van der Waals surface area (Å²) >= 11 is 1.04. The maximum atomic E-state index is 13.3. The monoisotopic (exact) mass is 278 g/mol. The van der Waals surface area contributed by atoms with Gasteiger partial charge < -0.3 is 0 Å². The van der Waals surface area contributed by atoms with E-state index in [9.17, 15) is 22.4 Å². The highest BCUT2D eigenvalue weighted by molar-refractivity contribution is 8.13. The van der Waals surface area contributed by atoms with Crippen molar-refractivity contribution < 1.29 is 22.4 Å². The molecule has 0 aromatic heterocycles. The van der Waals surface area contributed by atoms with E-state index < -0.39 is 17.6 Å². The Hall–Kier alpha value is -1.30. The molecule has 0 aliphatic rings. The van der Waals surface area contributed by atoms with Gasteiger partial charge >= 0.3 is 6.18 Å². The Morgan fingerprint density at radius 1 is 1.39 bits per heavy atom. The first-order chi connectivity index (χ1) is 8.30. The predicted octanol–water partition coefficient (Wildman–Crippen LogP) is 4.14. The number of hydrogen-bond acceptors (Lipinski definition) is 2. The zero-order valence-corrected chi connectivity index (χ0v) is 10.2. The molecule has 1 aromatic carbocycles. The number of thioether (sulfide) groups is 1. The number of hydrogen-bond donors (Lipinski definition) is 0.